The Morgan fingerprint density at radius 3 is 2.73 bits per heavy atom. The lowest BCUT2D eigenvalue weighted by atomic mass is 10.0. The number of H-pyrrole nitrogens is 1. The van der Waals surface area contributed by atoms with Crippen LogP contribution in [0.4, 0.5) is 15.0 Å². The maximum absolute atomic E-state index is 13.4. The van der Waals surface area contributed by atoms with Crippen molar-refractivity contribution in [2.75, 3.05) is 24.5 Å². The highest BCUT2D eigenvalue weighted by molar-refractivity contribution is 5.95. The number of carbonyl (C=O) groups is 2. The molecule has 0 unspecified atom stereocenters. The zero-order chi connectivity index (χ0) is 21.1. The van der Waals surface area contributed by atoms with Crippen LogP contribution in [0.2, 0.25) is 0 Å². The van der Waals surface area contributed by atoms with Crippen LogP contribution >= 0.6 is 0 Å². The normalized spacial score (nSPS) is 14.6. The predicted octanol–water partition coefficient (Wildman–Crippen LogP) is 2.72. The van der Waals surface area contributed by atoms with Crippen LogP contribution in [0.1, 0.15) is 12.8 Å². The SMILES string of the molecule is O=C(O)NCC(=O)NC1CCN(c2ccc(-c3c[nH]c4cc(F)ccc34)cn2)CC1. The van der Waals surface area contributed by atoms with Crippen LogP contribution in [-0.2, 0) is 4.79 Å². The van der Waals surface area contributed by atoms with Crippen LogP contribution in [-0.4, -0.2) is 52.8 Å². The monoisotopic (exact) mass is 411 g/mol. The number of aromatic amines is 1. The fourth-order valence-electron chi connectivity index (χ4n) is 3.76. The minimum atomic E-state index is -1.21. The lowest BCUT2D eigenvalue weighted by molar-refractivity contribution is -0.121. The van der Waals surface area contributed by atoms with Crippen LogP contribution in [0, 0.1) is 5.82 Å². The number of piperidine rings is 1. The largest absolute Gasteiger partial charge is 0.465 e. The molecule has 4 N–H and O–H groups in total. The number of pyridine rings is 1. The van der Waals surface area contributed by atoms with Gasteiger partial charge in [0.05, 0.1) is 6.54 Å². The number of aromatic nitrogens is 2. The van der Waals surface area contributed by atoms with Gasteiger partial charge in [-0.2, -0.15) is 0 Å². The van der Waals surface area contributed by atoms with Gasteiger partial charge < -0.3 is 25.6 Å². The van der Waals surface area contributed by atoms with E-state index in [4.69, 9.17) is 5.11 Å². The lowest BCUT2D eigenvalue weighted by Crippen LogP contribution is -2.47. The summed E-state index contributed by atoms with van der Waals surface area (Å²) in [7, 11) is 0. The van der Waals surface area contributed by atoms with E-state index in [1.807, 2.05) is 24.5 Å². The first kappa shape index (κ1) is 19.7. The highest BCUT2D eigenvalue weighted by Gasteiger charge is 2.21. The molecule has 2 aromatic heterocycles. The molecule has 0 bridgehead atoms. The molecule has 1 aliphatic heterocycles. The molecule has 156 valence electrons. The van der Waals surface area contributed by atoms with Gasteiger partial charge in [0, 0.05) is 53.6 Å². The van der Waals surface area contributed by atoms with Crippen molar-refractivity contribution < 1.29 is 19.1 Å². The molecule has 1 saturated heterocycles. The van der Waals surface area contributed by atoms with Gasteiger partial charge in [-0.1, -0.05) is 0 Å². The number of nitrogens with zero attached hydrogens (tertiary/aromatic N) is 2. The molecule has 1 aromatic carbocycles. The third-order valence-corrected chi connectivity index (χ3v) is 5.29. The Kier molecular flexibility index (Phi) is 5.51. The van der Waals surface area contributed by atoms with E-state index in [0.717, 1.165) is 53.8 Å². The van der Waals surface area contributed by atoms with Gasteiger partial charge >= 0.3 is 6.09 Å². The van der Waals surface area contributed by atoms with E-state index in [1.165, 1.54) is 12.1 Å². The third kappa shape index (κ3) is 4.35. The Labute approximate surface area is 172 Å². The summed E-state index contributed by atoms with van der Waals surface area (Å²) in [5.74, 6) is 0.265. The van der Waals surface area contributed by atoms with Crippen LogP contribution in [0.15, 0.2) is 42.7 Å². The highest BCUT2D eigenvalue weighted by Crippen LogP contribution is 2.29. The Morgan fingerprint density at radius 2 is 2.03 bits per heavy atom. The number of anilines is 1. The van der Waals surface area contributed by atoms with Crippen LogP contribution in [0.25, 0.3) is 22.0 Å². The number of amides is 2. The molecule has 0 radical (unpaired) electrons. The van der Waals surface area contributed by atoms with E-state index in [1.54, 1.807) is 6.07 Å². The summed E-state index contributed by atoms with van der Waals surface area (Å²) >= 11 is 0. The minimum Gasteiger partial charge on any atom is -0.465 e. The van der Waals surface area contributed by atoms with Crippen molar-refractivity contribution in [3.05, 3.63) is 48.5 Å². The van der Waals surface area contributed by atoms with Crippen LogP contribution in [0.3, 0.4) is 0 Å². The summed E-state index contributed by atoms with van der Waals surface area (Å²) in [6, 6.07) is 8.67. The fraction of sp³-hybridized carbons (Fsp3) is 0.286. The van der Waals surface area contributed by atoms with Gasteiger partial charge in [0.25, 0.3) is 0 Å². The third-order valence-electron chi connectivity index (χ3n) is 5.29. The molecule has 3 heterocycles. The van der Waals surface area contributed by atoms with Crippen molar-refractivity contribution in [1.82, 2.24) is 20.6 Å². The maximum atomic E-state index is 13.4. The Balaban J connectivity index is 1.36. The van der Waals surface area contributed by atoms with E-state index >= 15 is 0 Å². The van der Waals surface area contributed by atoms with Gasteiger partial charge in [0.15, 0.2) is 0 Å². The zero-order valence-corrected chi connectivity index (χ0v) is 16.2. The Morgan fingerprint density at radius 1 is 1.23 bits per heavy atom. The van der Waals surface area contributed by atoms with Crippen molar-refractivity contribution in [3.63, 3.8) is 0 Å². The Bertz CT molecular complexity index is 1060. The first-order valence-corrected chi connectivity index (χ1v) is 9.74. The fourth-order valence-corrected chi connectivity index (χ4v) is 3.76. The van der Waals surface area contributed by atoms with Crippen molar-refractivity contribution in [2.24, 2.45) is 0 Å². The van der Waals surface area contributed by atoms with Crippen molar-refractivity contribution in [2.45, 2.75) is 18.9 Å². The number of halogens is 1. The van der Waals surface area contributed by atoms with Gasteiger partial charge in [-0.05, 0) is 43.2 Å². The van der Waals surface area contributed by atoms with Gasteiger partial charge in [-0.25, -0.2) is 14.2 Å². The minimum absolute atomic E-state index is 0.0234. The van der Waals surface area contributed by atoms with Crippen molar-refractivity contribution in [3.8, 4) is 11.1 Å². The zero-order valence-electron chi connectivity index (χ0n) is 16.2. The first-order valence-electron chi connectivity index (χ1n) is 9.74. The molecule has 0 aliphatic carbocycles. The Hall–Kier alpha value is -3.62. The number of carbonyl (C=O) groups excluding carboxylic acids is 1. The number of carboxylic acid groups (broad SMARTS) is 1. The predicted molar refractivity (Wildman–Crippen MR) is 111 cm³/mol. The number of rotatable bonds is 5. The molecular formula is C21H22FN5O3. The summed E-state index contributed by atoms with van der Waals surface area (Å²) in [4.78, 5) is 32.0. The quantitative estimate of drug-likeness (QED) is 0.516. The summed E-state index contributed by atoms with van der Waals surface area (Å²) in [6.45, 7) is 1.26. The summed E-state index contributed by atoms with van der Waals surface area (Å²) in [6.07, 6.45) is 3.97. The molecule has 9 heteroatoms. The second-order valence-electron chi connectivity index (χ2n) is 7.28. The number of nitrogens with one attached hydrogen (secondary N) is 3. The molecule has 4 rings (SSSR count). The van der Waals surface area contributed by atoms with E-state index < -0.39 is 6.09 Å². The summed E-state index contributed by atoms with van der Waals surface area (Å²) in [5.41, 5.74) is 2.67. The second kappa shape index (κ2) is 8.40. The van der Waals surface area contributed by atoms with E-state index in [0.29, 0.717) is 0 Å². The molecule has 30 heavy (non-hydrogen) atoms. The number of hydrogen-bond acceptors (Lipinski definition) is 4. The molecule has 0 saturated carbocycles. The molecule has 3 aromatic rings. The molecular weight excluding hydrogens is 389 g/mol. The molecule has 8 nitrogen and oxygen atoms in total. The maximum Gasteiger partial charge on any atom is 0.405 e. The molecule has 0 spiro atoms. The van der Waals surface area contributed by atoms with Crippen LogP contribution in [0.5, 0.6) is 0 Å². The van der Waals surface area contributed by atoms with E-state index in [2.05, 4.69) is 25.5 Å². The number of hydrogen-bond donors (Lipinski definition) is 4. The smallest absolute Gasteiger partial charge is 0.405 e. The van der Waals surface area contributed by atoms with Crippen molar-refractivity contribution >= 4 is 28.7 Å². The van der Waals surface area contributed by atoms with Gasteiger partial charge in [0.2, 0.25) is 5.91 Å². The average molecular weight is 411 g/mol. The number of benzene rings is 1. The average Bonchev–Trinajstić information content (AvgIpc) is 3.16. The first-order chi connectivity index (χ1) is 14.5. The van der Waals surface area contributed by atoms with Gasteiger partial charge in [0.1, 0.15) is 11.6 Å². The second-order valence-corrected chi connectivity index (χ2v) is 7.28. The van der Waals surface area contributed by atoms with E-state index in [-0.39, 0.29) is 24.3 Å². The van der Waals surface area contributed by atoms with Crippen LogP contribution < -0.4 is 15.5 Å². The summed E-state index contributed by atoms with van der Waals surface area (Å²) < 4.78 is 13.4. The van der Waals surface area contributed by atoms with Crippen molar-refractivity contribution in [1.29, 1.82) is 0 Å². The molecule has 1 fully saturated rings. The highest BCUT2D eigenvalue weighted by atomic mass is 19.1. The van der Waals surface area contributed by atoms with Gasteiger partial charge in [-0.3, -0.25) is 4.79 Å². The molecule has 2 amide bonds. The molecule has 1 aliphatic rings. The van der Waals surface area contributed by atoms with E-state index in [9.17, 15) is 14.0 Å². The lowest BCUT2D eigenvalue weighted by Gasteiger charge is -2.33. The summed E-state index contributed by atoms with van der Waals surface area (Å²) in [5, 5.41) is 14.4. The topological polar surface area (TPSA) is 110 Å². The molecule has 0 atom stereocenters. The van der Waals surface area contributed by atoms with Gasteiger partial charge in [-0.15, -0.1) is 0 Å². The number of fused-ring (bicyclic) bond motifs is 1. The standard InChI is InChI=1S/C21H22FN5O3/c22-14-2-3-16-17(11-23-18(16)9-14)13-1-4-19(24-10-13)27-7-5-15(6-8-27)26-20(28)12-25-21(29)30/h1-4,9-11,15,23,25H,5-8,12H2,(H,26,28)(H,29,30).